The Morgan fingerprint density at radius 1 is 1.23 bits per heavy atom. The average Bonchev–Trinajstić information content (AvgIpc) is 3.12. The van der Waals surface area contributed by atoms with Gasteiger partial charge in [0.1, 0.15) is 0 Å². The first-order valence-corrected chi connectivity index (χ1v) is 10.4. The number of anilines is 1. The van der Waals surface area contributed by atoms with E-state index in [4.69, 9.17) is 5.73 Å². The number of aryl methyl sites for hydroxylation is 2. The van der Waals surface area contributed by atoms with Gasteiger partial charge in [0.05, 0.1) is 6.20 Å². The van der Waals surface area contributed by atoms with Gasteiger partial charge in [-0.2, -0.15) is 9.78 Å². The lowest BCUT2D eigenvalue weighted by atomic mass is 10.1. The molecule has 8 heteroatoms. The van der Waals surface area contributed by atoms with Crippen LogP contribution in [0.25, 0.3) is 0 Å². The second kappa shape index (κ2) is 9.67. The third-order valence-electron chi connectivity index (χ3n) is 4.81. The molecule has 4 rings (SSSR count). The van der Waals surface area contributed by atoms with Gasteiger partial charge >= 0.3 is 6.03 Å². The lowest BCUT2D eigenvalue weighted by Crippen LogP contribution is -2.24. The molecule has 2 N–H and O–H groups in total. The Labute approximate surface area is 184 Å². The highest BCUT2D eigenvalue weighted by molar-refractivity contribution is 9.10. The number of nitrogens with zero attached hydrogens (tertiary/aromatic N) is 4. The van der Waals surface area contributed by atoms with Crippen molar-refractivity contribution in [2.75, 3.05) is 11.9 Å². The number of hydrogen-bond donors (Lipinski definition) is 1. The summed E-state index contributed by atoms with van der Waals surface area (Å²) >= 11 is 3.43. The number of carbonyl (C=O) groups excluding carboxylic acids is 2. The zero-order valence-corrected chi connectivity index (χ0v) is 18.6. The van der Waals surface area contributed by atoms with Crippen LogP contribution in [0, 0.1) is 6.92 Å². The number of aromatic nitrogens is 3. The maximum Gasteiger partial charge on any atom is 0.339 e. The molecule has 1 aliphatic heterocycles. The van der Waals surface area contributed by atoms with Crippen molar-refractivity contribution < 1.29 is 9.59 Å². The average molecular weight is 470 g/mol. The Bertz CT molecular complexity index is 1060. The van der Waals surface area contributed by atoms with Gasteiger partial charge < -0.3 is 10.6 Å². The molecule has 0 atom stereocenters. The number of benzene rings is 1. The molecule has 30 heavy (non-hydrogen) atoms. The summed E-state index contributed by atoms with van der Waals surface area (Å²) in [6.45, 7) is 1.94. The standard InChI is InChI=1S/C11H12BrNO.C11H12N4O/c1-13-10-7-9(12)6-5-8(10)3-2-4-11(13)14;1-8-3-2-4-10(14-8)5-9-6-13-15(7-9)11(12)16/h5-7H,2-4H2,1H3;2-4,6-7H,5H2,1H3,(H2,12,16). The van der Waals surface area contributed by atoms with Gasteiger partial charge in [0.25, 0.3) is 0 Å². The molecule has 3 aromatic rings. The molecule has 1 aliphatic rings. The molecule has 3 heterocycles. The molecule has 0 saturated heterocycles. The minimum atomic E-state index is -0.580. The van der Waals surface area contributed by atoms with E-state index in [1.807, 2.05) is 44.3 Å². The highest BCUT2D eigenvalue weighted by Gasteiger charge is 2.18. The molecule has 0 aliphatic carbocycles. The largest absolute Gasteiger partial charge is 0.350 e. The lowest BCUT2D eigenvalue weighted by molar-refractivity contribution is -0.118. The van der Waals surface area contributed by atoms with Crippen LogP contribution in [0.5, 0.6) is 0 Å². The minimum Gasteiger partial charge on any atom is -0.350 e. The topological polar surface area (TPSA) is 94.1 Å². The van der Waals surface area contributed by atoms with Crippen LogP contribution in [0.15, 0.2) is 53.3 Å². The van der Waals surface area contributed by atoms with Crippen molar-refractivity contribution in [3.05, 3.63) is 75.8 Å². The van der Waals surface area contributed by atoms with Crippen LogP contribution in [0.4, 0.5) is 10.5 Å². The Balaban J connectivity index is 0.000000172. The monoisotopic (exact) mass is 469 g/mol. The number of pyridine rings is 1. The van der Waals surface area contributed by atoms with E-state index in [2.05, 4.69) is 32.1 Å². The van der Waals surface area contributed by atoms with E-state index >= 15 is 0 Å². The molecular weight excluding hydrogens is 446 g/mol. The van der Waals surface area contributed by atoms with Gasteiger partial charge in [-0.25, -0.2) is 4.79 Å². The first-order chi connectivity index (χ1) is 14.3. The summed E-state index contributed by atoms with van der Waals surface area (Å²) < 4.78 is 2.14. The van der Waals surface area contributed by atoms with E-state index in [1.165, 1.54) is 5.56 Å². The summed E-state index contributed by atoms with van der Waals surface area (Å²) in [5, 5.41) is 3.85. The Hall–Kier alpha value is -3.00. The lowest BCUT2D eigenvalue weighted by Gasteiger charge is -2.17. The highest BCUT2D eigenvalue weighted by atomic mass is 79.9. The number of amides is 2. The molecule has 2 aromatic heterocycles. The van der Waals surface area contributed by atoms with E-state index in [0.717, 1.165) is 44.6 Å². The van der Waals surface area contributed by atoms with Crippen molar-refractivity contribution >= 4 is 33.6 Å². The van der Waals surface area contributed by atoms with Crippen molar-refractivity contribution in [2.45, 2.75) is 32.6 Å². The SMILES string of the molecule is CN1C(=O)CCCc2ccc(Br)cc21.Cc1cccc(Cc2cnn(C(N)=O)c2)n1. The summed E-state index contributed by atoms with van der Waals surface area (Å²) in [5.74, 6) is 0.210. The smallest absolute Gasteiger partial charge is 0.339 e. The van der Waals surface area contributed by atoms with Crippen molar-refractivity contribution in [3.8, 4) is 0 Å². The predicted molar refractivity (Wildman–Crippen MR) is 119 cm³/mol. The second-order valence-corrected chi connectivity index (χ2v) is 8.07. The quantitative estimate of drug-likeness (QED) is 0.616. The van der Waals surface area contributed by atoms with E-state index < -0.39 is 6.03 Å². The molecule has 0 fully saturated rings. The van der Waals surface area contributed by atoms with Crippen LogP contribution >= 0.6 is 15.9 Å². The number of primary amides is 1. The summed E-state index contributed by atoms with van der Waals surface area (Å²) in [6, 6.07) is 11.4. The van der Waals surface area contributed by atoms with E-state index in [0.29, 0.717) is 12.8 Å². The Morgan fingerprint density at radius 2 is 2.03 bits per heavy atom. The molecular formula is C22H24BrN5O2. The summed E-state index contributed by atoms with van der Waals surface area (Å²) in [7, 11) is 1.85. The van der Waals surface area contributed by atoms with Crippen molar-refractivity contribution in [3.63, 3.8) is 0 Å². The summed E-state index contributed by atoms with van der Waals surface area (Å²) in [5.41, 5.74) is 10.2. The zero-order chi connectivity index (χ0) is 21.7. The third kappa shape index (κ3) is 5.54. The first kappa shape index (κ1) is 21.7. The molecule has 156 valence electrons. The summed E-state index contributed by atoms with van der Waals surface area (Å²) in [6.07, 6.45) is 6.50. The maximum atomic E-state index is 11.6. The molecule has 0 spiro atoms. The molecule has 0 saturated carbocycles. The van der Waals surface area contributed by atoms with Crippen LogP contribution in [0.3, 0.4) is 0 Å². The number of fused-ring (bicyclic) bond motifs is 1. The number of halogens is 1. The molecule has 7 nitrogen and oxygen atoms in total. The second-order valence-electron chi connectivity index (χ2n) is 7.16. The third-order valence-corrected chi connectivity index (χ3v) is 5.31. The van der Waals surface area contributed by atoms with E-state index in [1.54, 1.807) is 17.3 Å². The molecule has 1 aromatic carbocycles. The molecule has 0 unspecified atom stereocenters. The predicted octanol–water partition coefficient (Wildman–Crippen LogP) is 3.85. The van der Waals surface area contributed by atoms with Crippen LogP contribution in [0.1, 0.15) is 35.4 Å². The Morgan fingerprint density at radius 3 is 2.73 bits per heavy atom. The maximum absolute atomic E-state index is 11.6. The fraction of sp³-hybridized carbons (Fsp3) is 0.273. The first-order valence-electron chi connectivity index (χ1n) is 9.64. The van der Waals surface area contributed by atoms with E-state index in [9.17, 15) is 9.59 Å². The number of nitrogens with two attached hydrogens (primary N) is 1. The van der Waals surface area contributed by atoms with Crippen molar-refractivity contribution in [1.82, 2.24) is 14.8 Å². The van der Waals surface area contributed by atoms with Gasteiger partial charge in [0.15, 0.2) is 0 Å². The van der Waals surface area contributed by atoms with Crippen LogP contribution < -0.4 is 10.6 Å². The molecule has 0 radical (unpaired) electrons. The molecule has 2 amide bonds. The zero-order valence-electron chi connectivity index (χ0n) is 17.0. The summed E-state index contributed by atoms with van der Waals surface area (Å²) in [4.78, 5) is 28.6. The Kier molecular flexibility index (Phi) is 6.99. The van der Waals surface area contributed by atoms with Gasteiger partial charge in [-0.15, -0.1) is 0 Å². The van der Waals surface area contributed by atoms with Crippen LogP contribution in [-0.2, 0) is 17.6 Å². The van der Waals surface area contributed by atoms with Crippen molar-refractivity contribution in [1.29, 1.82) is 0 Å². The highest BCUT2D eigenvalue weighted by Crippen LogP contribution is 2.28. The van der Waals surface area contributed by atoms with Gasteiger partial charge in [0, 0.05) is 47.6 Å². The van der Waals surface area contributed by atoms with E-state index in [-0.39, 0.29) is 5.91 Å². The molecule has 0 bridgehead atoms. The van der Waals surface area contributed by atoms with Crippen molar-refractivity contribution in [2.24, 2.45) is 5.73 Å². The minimum absolute atomic E-state index is 0.210. The van der Waals surface area contributed by atoms with Gasteiger partial charge in [-0.1, -0.05) is 28.1 Å². The van der Waals surface area contributed by atoms with Gasteiger partial charge in [-0.05, 0) is 55.2 Å². The number of hydrogen-bond acceptors (Lipinski definition) is 4. The number of carbonyl (C=O) groups is 2. The van der Waals surface area contributed by atoms with Crippen LogP contribution in [0.2, 0.25) is 0 Å². The fourth-order valence-electron chi connectivity index (χ4n) is 3.27. The normalized spacial score (nSPS) is 13.2. The van der Waals surface area contributed by atoms with Gasteiger partial charge in [-0.3, -0.25) is 9.78 Å². The van der Waals surface area contributed by atoms with Gasteiger partial charge in [0.2, 0.25) is 5.91 Å². The fourth-order valence-corrected chi connectivity index (χ4v) is 3.62. The number of rotatable bonds is 2. The van der Waals surface area contributed by atoms with Crippen LogP contribution in [-0.4, -0.2) is 33.8 Å².